The minimum absolute atomic E-state index is 0.0627. The molecule has 0 aliphatic heterocycles. The fourth-order valence-corrected chi connectivity index (χ4v) is 2.69. The summed E-state index contributed by atoms with van der Waals surface area (Å²) in [5, 5.41) is 9.33. The quantitative estimate of drug-likeness (QED) is 0.784. The molecule has 0 amide bonds. The number of rotatable bonds is 7. The highest BCUT2D eigenvalue weighted by Crippen LogP contribution is 2.26. The van der Waals surface area contributed by atoms with Crippen LogP contribution >= 0.6 is 0 Å². The van der Waals surface area contributed by atoms with E-state index in [0.29, 0.717) is 25.1 Å². The third-order valence-corrected chi connectivity index (χ3v) is 3.67. The van der Waals surface area contributed by atoms with Crippen molar-refractivity contribution in [3.63, 3.8) is 0 Å². The minimum atomic E-state index is 0.0627. The lowest BCUT2D eigenvalue weighted by Gasteiger charge is -2.34. The van der Waals surface area contributed by atoms with Gasteiger partial charge in [-0.3, -0.25) is 0 Å². The van der Waals surface area contributed by atoms with Crippen molar-refractivity contribution in [1.82, 2.24) is 15.0 Å². The largest absolute Gasteiger partial charge is 0.463 e. The molecule has 2 rings (SSSR count). The fraction of sp³-hybridized carbons (Fsp3) is 0.786. The van der Waals surface area contributed by atoms with Crippen LogP contribution in [0.5, 0.6) is 6.01 Å². The van der Waals surface area contributed by atoms with E-state index in [-0.39, 0.29) is 18.6 Å². The van der Waals surface area contributed by atoms with Gasteiger partial charge >= 0.3 is 6.01 Å². The molecule has 0 atom stereocenters. The average molecular weight is 295 g/mol. The molecule has 1 saturated carbocycles. The number of anilines is 2. The fourth-order valence-electron chi connectivity index (χ4n) is 2.69. The van der Waals surface area contributed by atoms with E-state index in [4.69, 9.17) is 10.5 Å². The summed E-state index contributed by atoms with van der Waals surface area (Å²) in [6, 6.07) is 0.616. The van der Waals surface area contributed by atoms with Crippen molar-refractivity contribution in [2.24, 2.45) is 0 Å². The summed E-state index contributed by atoms with van der Waals surface area (Å²) >= 11 is 0. The zero-order chi connectivity index (χ0) is 15.1. The molecule has 21 heavy (non-hydrogen) atoms. The molecule has 7 nitrogen and oxygen atoms in total. The van der Waals surface area contributed by atoms with Gasteiger partial charge in [-0.15, -0.1) is 0 Å². The predicted octanol–water partition coefficient (Wildman–Crippen LogP) is 1.37. The first-order valence-electron chi connectivity index (χ1n) is 7.76. The van der Waals surface area contributed by atoms with E-state index in [0.717, 1.165) is 19.3 Å². The van der Waals surface area contributed by atoms with Gasteiger partial charge in [0.1, 0.15) is 0 Å². The second kappa shape index (κ2) is 7.97. The highest BCUT2D eigenvalue weighted by molar-refractivity contribution is 5.37. The van der Waals surface area contributed by atoms with E-state index in [9.17, 15) is 5.11 Å². The number of aliphatic hydroxyl groups is 1. The first kappa shape index (κ1) is 15.8. The van der Waals surface area contributed by atoms with Gasteiger partial charge in [0.05, 0.1) is 13.2 Å². The van der Waals surface area contributed by atoms with Gasteiger partial charge in [-0.05, 0) is 19.3 Å². The lowest BCUT2D eigenvalue weighted by atomic mass is 9.94. The molecule has 1 aliphatic carbocycles. The molecule has 1 aromatic heterocycles. The standard InChI is InChI=1S/C14H25N5O2/c1-2-10-21-14-17-12(15)16-13(18-14)19(8-9-20)11-6-4-3-5-7-11/h11,20H,2-10H2,1H3,(H2,15,16,17,18). The lowest BCUT2D eigenvalue weighted by molar-refractivity contribution is 0.282. The molecule has 0 unspecified atom stereocenters. The van der Waals surface area contributed by atoms with Crippen LogP contribution in [0.15, 0.2) is 0 Å². The number of nitrogens with zero attached hydrogens (tertiary/aromatic N) is 4. The number of aliphatic hydroxyl groups excluding tert-OH is 1. The van der Waals surface area contributed by atoms with Gasteiger partial charge in [-0.1, -0.05) is 26.2 Å². The maximum absolute atomic E-state index is 9.33. The van der Waals surface area contributed by atoms with E-state index in [1.165, 1.54) is 19.3 Å². The van der Waals surface area contributed by atoms with Crippen molar-refractivity contribution < 1.29 is 9.84 Å². The molecule has 1 aromatic rings. The number of aromatic nitrogens is 3. The second-order valence-electron chi connectivity index (χ2n) is 5.33. The summed E-state index contributed by atoms with van der Waals surface area (Å²) < 4.78 is 5.46. The Balaban J connectivity index is 2.19. The summed E-state index contributed by atoms with van der Waals surface area (Å²) in [5.74, 6) is 0.666. The van der Waals surface area contributed by atoms with E-state index < -0.39 is 0 Å². The van der Waals surface area contributed by atoms with Crippen molar-refractivity contribution in [2.45, 2.75) is 51.5 Å². The van der Waals surface area contributed by atoms with Gasteiger partial charge in [0.15, 0.2) is 0 Å². The zero-order valence-electron chi connectivity index (χ0n) is 12.7. The third-order valence-electron chi connectivity index (χ3n) is 3.67. The highest BCUT2D eigenvalue weighted by atomic mass is 16.5. The van der Waals surface area contributed by atoms with Gasteiger partial charge in [0.2, 0.25) is 11.9 Å². The molecule has 0 bridgehead atoms. The van der Waals surface area contributed by atoms with Crippen LogP contribution in [0.25, 0.3) is 0 Å². The Morgan fingerprint density at radius 3 is 2.67 bits per heavy atom. The molecule has 0 aromatic carbocycles. The van der Waals surface area contributed by atoms with Gasteiger partial charge < -0.3 is 20.5 Å². The van der Waals surface area contributed by atoms with E-state index >= 15 is 0 Å². The first-order chi connectivity index (χ1) is 10.2. The maximum atomic E-state index is 9.33. The molecular weight excluding hydrogens is 270 g/mol. The molecule has 0 saturated heterocycles. The van der Waals surface area contributed by atoms with Crippen molar-refractivity contribution >= 4 is 11.9 Å². The Morgan fingerprint density at radius 1 is 1.24 bits per heavy atom. The van der Waals surface area contributed by atoms with Crippen LogP contribution in [-0.4, -0.2) is 45.9 Å². The smallest absolute Gasteiger partial charge is 0.323 e. The Bertz CT molecular complexity index is 437. The Kier molecular flexibility index (Phi) is 5.98. The van der Waals surface area contributed by atoms with Crippen molar-refractivity contribution in [2.75, 3.05) is 30.4 Å². The normalized spacial score (nSPS) is 15.9. The summed E-state index contributed by atoms with van der Waals surface area (Å²) in [6.45, 7) is 3.13. The van der Waals surface area contributed by atoms with Crippen LogP contribution in [-0.2, 0) is 0 Å². The number of hydrogen-bond donors (Lipinski definition) is 2. The van der Waals surface area contributed by atoms with Crippen molar-refractivity contribution in [3.05, 3.63) is 0 Å². The predicted molar refractivity (Wildman–Crippen MR) is 81.3 cm³/mol. The van der Waals surface area contributed by atoms with Gasteiger partial charge in [-0.25, -0.2) is 0 Å². The Morgan fingerprint density at radius 2 is 2.00 bits per heavy atom. The van der Waals surface area contributed by atoms with Gasteiger partial charge in [0.25, 0.3) is 0 Å². The average Bonchev–Trinajstić information content (AvgIpc) is 2.51. The topological polar surface area (TPSA) is 97.4 Å². The molecule has 118 valence electrons. The number of nitrogen functional groups attached to an aromatic ring is 1. The summed E-state index contributed by atoms with van der Waals surface area (Å²) in [4.78, 5) is 14.6. The number of hydrogen-bond acceptors (Lipinski definition) is 7. The van der Waals surface area contributed by atoms with Crippen LogP contribution in [0.2, 0.25) is 0 Å². The Hall–Kier alpha value is -1.63. The minimum Gasteiger partial charge on any atom is -0.463 e. The molecular formula is C14H25N5O2. The third kappa shape index (κ3) is 4.42. The van der Waals surface area contributed by atoms with Crippen LogP contribution < -0.4 is 15.4 Å². The maximum Gasteiger partial charge on any atom is 0.323 e. The zero-order valence-corrected chi connectivity index (χ0v) is 12.7. The molecule has 0 radical (unpaired) electrons. The van der Waals surface area contributed by atoms with Crippen molar-refractivity contribution in [1.29, 1.82) is 0 Å². The van der Waals surface area contributed by atoms with Crippen LogP contribution in [0, 0.1) is 0 Å². The van der Waals surface area contributed by atoms with Crippen LogP contribution in [0.1, 0.15) is 45.4 Å². The summed E-state index contributed by atoms with van der Waals surface area (Å²) in [6.07, 6.45) is 6.74. The Labute approximate surface area is 125 Å². The summed E-state index contributed by atoms with van der Waals surface area (Å²) in [5.41, 5.74) is 5.76. The molecule has 7 heteroatoms. The lowest BCUT2D eigenvalue weighted by Crippen LogP contribution is -2.40. The second-order valence-corrected chi connectivity index (χ2v) is 5.33. The number of nitrogens with two attached hydrogens (primary N) is 1. The monoisotopic (exact) mass is 295 g/mol. The molecule has 3 N–H and O–H groups in total. The molecule has 1 fully saturated rings. The molecule has 1 heterocycles. The van der Waals surface area contributed by atoms with E-state index in [2.05, 4.69) is 15.0 Å². The van der Waals surface area contributed by atoms with E-state index in [1.807, 2.05) is 11.8 Å². The summed E-state index contributed by atoms with van der Waals surface area (Å²) in [7, 11) is 0. The van der Waals surface area contributed by atoms with E-state index in [1.54, 1.807) is 0 Å². The van der Waals surface area contributed by atoms with Gasteiger partial charge in [0, 0.05) is 12.6 Å². The number of ether oxygens (including phenoxy) is 1. The van der Waals surface area contributed by atoms with Crippen molar-refractivity contribution in [3.8, 4) is 6.01 Å². The SMILES string of the molecule is CCCOc1nc(N)nc(N(CCO)C2CCCCC2)n1. The molecule has 1 aliphatic rings. The first-order valence-corrected chi connectivity index (χ1v) is 7.76. The highest BCUT2D eigenvalue weighted by Gasteiger charge is 2.24. The van der Waals surface area contributed by atoms with Gasteiger partial charge in [-0.2, -0.15) is 15.0 Å². The van der Waals surface area contributed by atoms with Crippen LogP contribution in [0.3, 0.4) is 0 Å². The van der Waals surface area contributed by atoms with Crippen LogP contribution in [0.4, 0.5) is 11.9 Å². The molecule has 0 spiro atoms.